The molecule has 0 bridgehead atoms. The SMILES string of the molecule is C[C@@H](c1nc2ccccc2s1)N(C)C(=O)c1cccc(S(=O)(=O)N2CCc3ccccc3C2)c1. The summed E-state index contributed by atoms with van der Waals surface area (Å²) in [6, 6.07) is 21.9. The van der Waals surface area contributed by atoms with Crippen LogP contribution in [-0.4, -0.2) is 42.1 Å². The van der Waals surface area contributed by atoms with Crippen molar-refractivity contribution >= 4 is 37.5 Å². The Morgan fingerprint density at radius 2 is 1.76 bits per heavy atom. The average molecular weight is 492 g/mol. The first kappa shape index (κ1) is 22.7. The smallest absolute Gasteiger partial charge is 0.254 e. The highest BCUT2D eigenvalue weighted by molar-refractivity contribution is 7.89. The average Bonchev–Trinajstić information content (AvgIpc) is 3.31. The van der Waals surface area contributed by atoms with E-state index in [1.54, 1.807) is 41.5 Å². The Bertz CT molecular complexity index is 1450. The molecule has 34 heavy (non-hydrogen) atoms. The van der Waals surface area contributed by atoms with Crippen molar-refractivity contribution in [2.75, 3.05) is 13.6 Å². The molecule has 0 unspecified atom stereocenters. The molecule has 0 N–H and O–H groups in total. The third kappa shape index (κ3) is 4.13. The quantitative estimate of drug-likeness (QED) is 0.399. The lowest BCUT2D eigenvalue weighted by Crippen LogP contribution is -2.36. The Kier molecular flexibility index (Phi) is 5.97. The molecule has 1 atom stereocenters. The number of aromatic nitrogens is 1. The molecule has 0 saturated carbocycles. The molecule has 2 heterocycles. The molecule has 1 aromatic heterocycles. The normalized spacial score (nSPS) is 15.1. The molecular weight excluding hydrogens is 466 g/mol. The number of fused-ring (bicyclic) bond motifs is 2. The van der Waals surface area contributed by atoms with Crippen LogP contribution < -0.4 is 0 Å². The number of para-hydroxylation sites is 1. The minimum Gasteiger partial charge on any atom is -0.333 e. The number of sulfonamides is 1. The van der Waals surface area contributed by atoms with E-state index in [1.807, 2.05) is 55.5 Å². The van der Waals surface area contributed by atoms with Gasteiger partial charge in [0.1, 0.15) is 5.01 Å². The number of carbonyl (C=O) groups is 1. The lowest BCUT2D eigenvalue weighted by molar-refractivity contribution is 0.0742. The number of hydrogen-bond donors (Lipinski definition) is 0. The minimum atomic E-state index is -3.72. The van der Waals surface area contributed by atoms with Gasteiger partial charge in [-0.2, -0.15) is 4.31 Å². The molecule has 6 nitrogen and oxygen atoms in total. The fourth-order valence-electron chi connectivity index (χ4n) is 4.23. The number of rotatable bonds is 5. The van der Waals surface area contributed by atoms with Crippen molar-refractivity contribution in [3.05, 3.63) is 94.5 Å². The van der Waals surface area contributed by atoms with Crippen molar-refractivity contribution in [1.82, 2.24) is 14.2 Å². The summed E-state index contributed by atoms with van der Waals surface area (Å²) in [6.45, 7) is 2.69. The highest BCUT2D eigenvalue weighted by Gasteiger charge is 2.29. The highest BCUT2D eigenvalue weighted by atomic mass is 32.2. The Balaban J connectivity index is 1.38. The van der Waals surface area contributed by atoms with E-state index in [-0.39, 0.29) is 16.8 Å². The molecule has 1 amide bonds. The van der Waals surface area contributed by atoms with E-state index in [9.17, 15) is 13.2 Å². The summed E-state index contributed by atoms with van der Waals surface area (Å²) in [7, 11) is -2.00. The molecule has 0 aliphatic carbocycles. The fraction of sp³-hybridized carbons (Fsp3) is 0.231. The van der Waals surface area contributed by atoms with E-state index in [0.29, 0.717) is 25.1 Å². The van der Waals surface area contributed by atoms with Gasteiger partial charge in [0.2, 0.25) is 10.0 Å². The Hall–Kier alpha value is -3.07. The summed E-state index contributed by atoms with van der Waals surface area (Å²) < 4.78 is 29.3. The first-order chi connectivity index (χ1) is 16.3. The number of nitrogens with zero attached hydrogens (tertiary/aromatic N) is 3. The van der Waals surface area contributed by atoms with Crippen LogP contribution in [0.2, 0.25) is 0 Å². The van der Waals surface area contributed by atoms with Gasteiger partial charge in [-0.15, -0.1) is 11.3 Å². The maximum Gasteiger partial charge on any atom is 0.254 e. The molecule has 3 aromatic carbocycles. The van der Waals surface area contributed by atoms with Gasteiger partial charge in [-0.1, -0.05) is 42.5 Å². The van der Waals surface area contributed by atoms with Crippen LogP contribution in [0.3, 0.4) is 0 Å². The predicted molar refractivity (Wildman–Crippen MR) is 134 cm³/mol. The number of thiazole rings is 1. The summed E-state index contributed by atoms with van der Waals surface area (Å²) >= 11 is 1.56. The van der Waals surface area contributed by atoms with Crippen molar-refractivity contribution in [3.63, 3.8) is 0 Å². The number of amides is 1. The molecule has 174 valence electrons. The van der Waals surface area contributed by atoms with Crippen LogP contribution in [0.25, 0.3) is 10.2 Å². The van der Waals surface area contributed by atoms with Gasteiger partial charge in [-0.3, -0.25) is 4.79 Å². The third-order valence-electron chi connectivity index (χ3n) is 6.38. The van der Waals surface area contributed by atoms with Gasteiger partial charge < -0.3 is 4.90 Å². The summed E-state index contributed by atoms with van der Waals surface area (Å²) in [6.07, 6.45) is 0.677. The number of benzene rings is 3. The molecule has 0 fully saturated rings. The van der Waals surface area contributed by atoms with Crippen molar-refractivity contribution in [1.29, 1.82) is 0 Å². The maximum atomic E-state index is 13.4. The van der Waals surface area contributed by atoms with Crippen LogP contribution in [0, 0.1) is 0 Å². The molecular formula is C26H25N3O3S2. The standard InChI is InChI=1S/C26H25N3O3S2/c1-18(25-27-23-12-5-6-13-24(23)33-25)28(2)26(30)20-10-7-11-22(16-20)34(31,32)29-15-14-19-8-3-4-9-21(19)17-29/h3-13,16,18H,14-15,17H2,1-2H3/t18-/m0/s1. The van der Waals surface area contributed by atoms with Gasteiger partial charge in [0.25, 0.3) is 5.91 Å². The van der Waals surface area contributed by atoms with E-state index < -0.39 is 10.0 Å². The van der Waals surface area contributed by atoms with Crippen molar-refractivity contribution in [2.45, 2.75) is 30.8 Å². The summed E-state index contributed by atoms with van der Waals surface area (Å²) in [5.41, 5.74) is 3.46. The second-order valence-corrected chi connectivity index (χ2v) is 11.5. The van der Waals surface area contributed by atoms with Crippen LogP contribution in [0.4, 0.5) is 0 Å². The second-order valence-electron chi connectivity index (χ2n) is 8.50. The van der Waals surface area contributed by atoms with Crippen LogP contribution in [0.1, 0.15) is 39.5 Å². The van der Waals surface area contributed by atoms with Crippen molar-refractivity contribution in [2.24, 2.45) is 0 Å². The highest BCUT2D eigenvalue weighted by Crippen LogP contribution is 2.30. The fourth-order valence-corrected chi connectivity index (χ4v) is 6.76. The molecule has 0 radical (unpaired) electrons. The van der Waals surface area contributed by atoms with Gasteiger partial charge in [0.15, 0.2) is 0 Å². The monoisotopic (exact) mass is 491 g/mol. The zero-order valence-electron chi connectivity index (χ0n) is 19.0. The summed E-state index contributed by atoms with van der Waals surface area (Å²) in [4.78, 5) is 19.7. The van der Waals surface area contributed by atoms with E-state index in [2.05, 4.69) is 4.98 Å². The molecule has 0 spiro atoms. The Labute approximate surface area is 203 Å². The van der Waals surface area contributed by atoms with Crippen LogP contribution >= 0.6 is 11.3 Å². The molecule has 8 heteroatoms. The molecule has 4 aromatic rings. The van der Waals surface area contributed by atoms with Gasteiger partial charge in [0, 0.05) is 25.7 Å². The second kappa shape index (κ2) is 8.94. The van der Waals surface area contributed by atoms with Crippen LogP contribution in [0.5, 0.6) is 0 Å². The lowest BCUT2D eigenvalue weighted by atomic mass is 10.0. The number of carbonyl (C=O) groups excluding carboxylic acids is 1. The van der Waals surface area contributed by atoms with Crippen LogP contribution in [-0.2, 0) is 23.0 Å². The van der Waals surface area contributed by atoms with Gasteiger partial charge in [-0.25, -0.2) is 13.4 Å². The van der Waals surface area contributed by atoms with Gasteiger partial charge in [-0.05, 0) is 54.8 Å². The van der Waals surface area contributed by atoms with Gasteiger partial charge in [0.05, 0.1) is 21.2 Å². The Morgan fingerprint density at radius 1 is 1.03 bits per heavy atom. The van der Waals surface area contributed by atoms with Crippen molar-refractivity contribution in [3.8, 4) is 0 Å². The largest absolute Gasteiger partial charge is 0.333 e. The Morgan fingerprint density at radius 3 is 2.56 bits per heavy atom. The zero-order valence-corrected chi connectivity index (χ0v) is 20.6. The summed E-state index contributed by atoms with van der Waals surface area (Å²) in [5.74, 6) is -0.243. The third-order valence-corrected chi connectivity index (χ3v) is 9.43. The van der Waals surface area contributed by atoms with E-state index in [4.69, 9.17) is 0 Å². The van der Waals surface area contributed by atoms with Crippen molar-refractivity contribution < 1.29 is 13.2 Å². The molecule has 1 aliphatic heterocycles. The number of hydrogen-bond acceptors (Lipinski definition) is 5. The van der Waals surface area contributed by atoms with Crippen LogP contribution in [0.15, 0.2) is 77.7 Å². The zero-order chi connectivity index (χ0) is 23.9. The van der Waals surface area contributed by atoms with E-state index >= 15 is 0 Å². The molecule has 1 aliphatic rings. The first-order valence-corrected chi connectivity index (χ1v) is 13.4. The lowest BCUT2D eigenvalue weighted by Gasteiger charge is -2.28. The maximum absolute atomic E-state index is 13.4. The molecule has 0 saturated heterocycles. The van der Waals surface area contributed by atoms with Gasteiger partial charge >= 0.3 is 0 Å². The summed E-state index contributed by atoms with van der Waals surface area (Å²) in [5, 5.41) is 0.841. The van der Waals surface area contributed by atoms with E-state index in [0.717, 1.165) is 20.8 Å². The molecule has 5 rings (SSSR count). The van der Waals surface area contributed by atoms with E-state index in [1.165, 1.54) is 15.9 Å². The minimum absolute atomic E-state index is 0.138. The topological polar surface area (TPSA) is 70.6 Å². The first-order valence-electron chi connectivity index (χ1n) is 11.1. The predicted octanol–water partition coefficient (Wildman–Crippen LogP) is 4.88.